The molecule has 1 atom stereocenters. The molecule has 1 unspecified atom stereocenters. The lowest BCUT2D eigenvalue weighted by Gasteiger charge is -2.22. The molecule has 0 N–H and O–H groups in total. The molecule has 0 bridgehead atoms. The van der Waals surface area contributed by atoms with E-state index < -0.39 is 11.7 Å². The Morgan fingerprint density at radius 2 is 1.76 bits per heavy atom. The second-order valence-electron chi connectivity index (χ2n) is 11.0. The van der Waals surface area contributed by atoms with Gasteiger partial charge in [0.15, 0.2) is 0 Å². The summed E-state index contributed by atoms with van der Waals surface area (Å²) in [5.41, 5.74) is 4.60. The van der Waals surface area contributed by atoms with Gasteiger partial charge in [-0.3, -0.25) is 0 Å². The molecular formula is C37H45F3N2. The standard InChI is InChI=1S/C37H45F3N2/c1-6-19-33(26-30(8-3)21-15-13-11-9-10-12-14-20-28(4)7-2)42-29(5)36(34-24-16-17-25-35(34)42)41-32-23-18-22-31(27-32)37(38,39)40/h6,11,13,16-19,22-28H,1,5,7-10,12,14-15,20-21H2,2-4H3/b13-11+,30-26+,33-19+,41-36?. The lowest BCUT2D eigenvalue weighted by molar-refractivity contribution is -0.137. The molecule has 1 aliphatic heterocycles. The second-order valence-corrected chi connectivity index (χ2v) is 11.0. The van der Waals surface area contributed by atoms with E-state index in [9.17, 15) is 13.2 Å². The van der Waals surface area contributed by atoms with Crippen molar-refractivity contribution in [2.75, 3.05) is 4.90 Å². The molecule has 224 valence electrons. The molecule has 0 radical (unpaired) electrons. The maximum Gasteiger partial charge on any atom is 0.416 e. The van der Waals surface area contributed by atoms with Crippen molar-refractivity contribution in [3.63, 3.8) is 0 Å². The summed E-state index contributed by atoms with van der Waals surface area (Å²) < 4.78 is 40.0. The van der Waals surface area contributed by atoms with E-state index in [2.05, 4.69) is 57.1 Å². The Labute approximate surface area is 250 Å². The third kappa shape index (κ3) is 9.20. The van der Waals surface area contributed by atoms with Crippen molar-refractivity contribution >= 4 is 17.1 Å². The SMILES string of the molecule is C=C/C=C(\C=C(/CC)CC/C=C/CCCCCC(C)CC)N1C(=C)C(=Nc2cccc(C(F)(F)F)c2)c2ccccc21. The van der Waals surface area contributed by atoms with Crippen LogP contribution in [0.2, 0.25) is 0 Å². The number of allylic oxidation sites excluding steroid dienone is 7. The zero-order valence-electron chi connectivity index (χ0n) is 25.4. The van der Waals surface area contributed by atoms with Crippen LogP contribution in [-0.4, -0.2) is 5.71 Å². The highest BCUT2D eigenvalue weighted by molar-refractivity contribution is 6.23. The molecule has 5 heteroatoms. The molecular weight excluding hydrogens is 529 g/mol. The molecule has 2 nitrogen and oxygen atoms in total. The van der Waals surface area contributed by atoms with Crippen LogP contribution in [0, 0.1) is 5.92 Å². The quantitative estimate of drug-likeness (QED) is 0.117. The molecule has 1 aliphatic rings. The fourth-order valence-corrected chi connectivity index (χ4v) is 5.08. The molecule has 0 saturated carbocycles. The van der Waals surface area contributed by atoms with E-state index in [1.54, 1.807) is 12.1 Å². The van der Waals surface area contributed by atoms with Gasteiger partial charge in [0.05, 0.1) is 28.3 Å². The molecule has 1 heterocycles. The normalized spacial score (nSPS) is 16.0. The van der Waals surface area contributed by atoms with Gasteiger partial charge >= 0.3 is 6.18 Å². The average Bonchev–Trinajstić information content (AvgIpc) is 3.25. The molecule has 42 heavy (non-hydrogen) atoms. The van der Waals surface area contributed by atoms with Crippen LogP contribution in [0.3, 0.4) is 0 Å². The summed E-state index contributed by atoms with van der Waals surface area (Å²) in [4.78, 5) is 6.67. The number of nitrogens with zero attached hydrogens (tertiary/aromatic N) is 2. The van der Waals surface area contributed by atoms with Crippen molar-refractivity contribution in [2.24, 2.45) is 10.9 Å². The number of para-hydroxylation sites is 1. The monoisotopic (exact) mass is 574 g/mol. The van der Waals surface area contributed by atoms with E-state index >= 15 is 0 Å². The smallest absolute Gasteiger partial charge is 0.308 e. The molecule has 0 saturated heterocycles. The highest BCUT2D eigenvalue weighted by atomic mass is 19.4. The Kier molecular flexibility index (Phi) is 12.7. The van der Waals surface area contributed by atoms with E-state index in [1.807, 2.05) is 35.2 Å². The second kappa shape index (κ2) is 16.1. The van der Waals surface area contributed by atoms with Gasteiger partial charge in [-0.05, 0) is 74.4 Å². The lowest BCUT2D eigenvalue weighted by Crippen LogP contribution is -2.18. The molecule has 0 spiro atoms. The average molecular weight is 575 g/mol. The number of hydrogen-bond donors (Lipinski definition) is 0. The van der Waals surface area contributed by atoms with Gasteiger partial charge in [0.2, 0.25) is 0 Å². The van der Waals surface area contributed by atoms with Crippen LogP contribution in [0.25, 0.3) is 0 Å². The van der Waals surface area contributed by atoms with E-state index in [0.717, 1.165) is 60.7 Å². The fourth-order valence-electron chi connectivity index (χ4n) is 5.08. The fraction of sp³-hybridized carbons (Fsp3) is 0.378. The van der Waals surface area contributed by atoms with Crippen LogP contribution in [0.5, 0.6) is 0 Å². The van der Waals surface area contributed by atoms with Gasteiger partial charge in [0, 0.05) is 11.3 Å². The number of anilines is 1. The minimum atomic E-state index is -4.43. The molecule has 0 fully saturated rings. The van der Waals surface area contributed by atoms with E-state index in [1.165, 1.54) is 43.7 Å². The van der Waals surface area contributed by atoms with Gasteiger partial charge < -0.3 is 4.90 Å². The van der Waals surface area contributed by atoms with Crippen LogP contribution in [-0.2, 0) is 6.18 Å². The van der Waals surface area contributed by atoms with Crippen LogP contribution in [0.15, 0.2) is 114 Å². The van der Waals surface area contributed by atoms with E-state index in [0.29, 0.717) is 11.4 Å². The predicted molar refractivity (Wildman–Crippen MR) is 173 cm³/mol. The Bertz CT molecular complexity index is 1330. The first-order chi connectivity index (χ1) is 20.2. The lowest BCUT2D eigenvalue weighted by atomic mass is 10.0. The summed E-state index contributed by atoms with van der Waals surface area (Å²) in [5, 5.41) is 0. The molecule has 0 aromatic heterocycles. The number of rotatable bonds is 15. The van der Waals surface area contributed by atoms with Gasteiger partial charge in [-0.25, -0.2) is 4.99 Å². The predicted octanol–water partition coefficient (Wildman–Crippen LogP) is 11.9. The van der Waals surface area contributed by atoms with Crippen LogP contribution in [0.4, 0.5) is 24.5 Å². The highest BCUT2D eigenvalue weighted by Gasteiger charge is 2.32. The Balaban J connectivity index is 1.75. The third-order valence-corrected chi connectivity index (χ3v) is 7.77. The first-order valence-corrected chi connectivity index (χ1v) is 15.2. The number of fused-ring (bicyclic) bond motifs is 1. The number of alkyl halides is 3. The summed E-state index contributed by atoms with van der Waals surface area (Å²) in [7, 11) is 0. The topological polar surface area (TPSA) is 15.6 Å². The molecule has 0 aliphatic carbocycles. The summed E-state index contributed by atoms with van der Waals surface area (Å²) in [6.45, 7) is 15.0. The largest absolute Gasteiger partial charge is 0.416 e. The first kappa shape index (κ1) is 32.9. The molecule has 2 aromatic rings. The Morgan fingerprint density at radius 1 is 1.00 bits per heavy atom. The number of benzene rings is 2. The summed E-state index contributed by atoms with van der Waals surface area (Å²) in [6.07, 6.45) is 16.5. The summed E-state index contributed by atoms with van der Waals surface area (Å²) >= 11 is 0. The number of halogens is 3. The Morgan fingerprint density at radius 3 is 2.48 bits per heavy atom. The van der Waals surface area contributed by atoms with Gasteiger partial charge in [0.25, 0.3) is 0 Å². The highest BCUT2D eigenvalue weighted by Crippen LogP contribution is 2.40. The summed E-state index contributed by atoms with van der Waals surface area (Å²) in [6, 6.07) is 12.8. The van der Waals surface area contributed by atoms with Crippen molar-refractivity contribution in [3.8, 4) is 0 Å². The zero-order chi connectivity index (χ0) is 30.5. The van der Waals surface area contributed by atoms with Crippen LogP contribution < -0.4 is 4.90 Å². The van der Waals surface area contributed by atoms with E-state index in [4.69, 9.17) is 0 Å². The van der Waals surface area contributed by atoms with Crippen molar-refractivity contribution < 1.29 is 13.2 Å². The van der Waals surface area contributed by atoms with Crippen molar-refractivity contribution in [3.05, 3.63) is 120 Å². The minimum Gasteiger partial charge on any atom is -0.308 e. The molecule has 3 rings (SSSR count). The number of hydrogen-bond acceptors (Lipinski definition) is 2. The van der Waals surface area contributed by atoms with Gasteiger partial charge in [-0.15, -0.1) is 0 Å². The Hall–Kier alpha value is -3.60. The maximum absolute atomic E-state index is 13.3. The van der Waals surface area contributed by atoms with Crippen molar-refractivity contribution in [1.29, 1.82) is 0 Å². The first-order valence-electron chi connectivity index (χ1n) is 15.2. The molecule has 2 aromatic carbocycles. The van der Waals surface area contributed by atoms with Crippen molar-refractivity contribution in [2.45, 2.75) is 84.7 Å². The van der Waals surface area contributed by atoms with Crippen LogP contribution >= 0.6 is 0 Å². The number of unbranched alkanes of at least 4 members (excludes halogenated alkanes) is 3. The number of aliphatic imine (C=N–C) groups is 1. The molecule has 0 amide bonds. The van der Waals surface area contributed by atoms with Crippen molar-refractivity contribution in [1.82, 2.24) is 0 Å². The van der Waals surface area contributed by atoms with Crippen LogP contribution in [0.1, 0.15) is 89.7 Å². The summed E-state index contributed by atoms with van der Waals surface area (Å²) in [5.74, 6) is 0.834. The minimum absolute atomic E-state index is 0.235. The van der Waals surface area contributed by atoms with Gasteiger partial charge in [-0.2, -0.15) is 13.2 Å². The van der Waals surface area contributed by atoms with Gasteiger partial charge in [0.1, 0.15) is 0 Å². The maximum atomic E-state index is 13.3. The zero-order valence-corrected chi connectivity index (χ0v) is 25.4. The third-order valence-electron chi connectivity index (χ3n) is 7.77. The van der Waals surface area contributed by atoms with E-state index in [-0.39, 0.29) is 5.69 Å². The van der Waals surface area contributed by atoms with Gasteiger partial charge in [-0.1, -0.05) is 108 Å².